The monoisotopic (exact) mass is 1020 g/mol. The smallest absolute Gasteiger partial charge is 0.265 e. The van der Waals surface area contributed by atoms with Crippen molar-refractivity contribution in [3.8, 4) is 23.0 Å². The summed E-state index contributed by atoms with van der Waals surface area (Å²) >= 11 is 0. The van der Waals surface area contributed by atoms with Gasteiger partial charge in [0.05, 0.1) is 20.2 Å². The lowest BCUT2D eigenvalue weighted by Crippen LogP contribution is -2.29. The van der Waals surface area contributed by atoms with E-state index in [4.69, 9.17) is 14.2 Å². The van der Waals surface area contributed by atoms with Crippen LogP contribution in [0.15, 0.2) is 195 Å². The molecule has 77 heavy (non-hydrogen) atoms. The van der Waals surface area contributed by atoms with Crippen molar-refractivity contribution in [3.05, 3.63) is 262 Å². The minimum absolute atomic E-state index is 0.0471. The number of benzene rings is 8. The van der Waals surface area contributed by atoms with E-state index in [2.05, 4.69) is 19.9 Å². The molecule has 8 aromatic carbocycles. The van der Waals surface area contributed by atoms with E-state index >= 15 is 0 Å². The predicted molar refractivity (Wildman–Crippen MR) is 279 cm³/mol. The van der Waals surface area contributed by atoms with Crippen molar-refractivity contribution >= 4 is 45.7 Å². The molecular formula is C61H42F2N6O8. The van der Waals surface area contributed by atoms with Crippen molar-refractivity contribution in [1.29, 1.82) is 0 Å². The van der Waals surface area contributed by atoms with Gasteiger partial charge < -0.3 is 19.3 Å². The number of carbonyl (C=O) groups is 4. The molecule has 0 atom stereocenters. The van der Waals surface area contributed by atoms with E-state index in [1.165, 1.54) is 80.4 Å². The number of fused-ring (bicyclic) bond motifs is 4. The van der Waals surface area contributed by atoms with Gasteiger partial charge in [-0.25, -0.2) is 28.7 Å². The molecule has 12 rings (SSSR count). The van der Waals surface area contributed by atoms with Crippen LogP contribution in [0.5, 0.6) is 23.0 Å². The highest BCUT2D eigenvalue weighted by Gasteiger charge is 2.45. The van der Waals surface area contributed by atoms with Crippen LogP contribution < -0.4 is 14.2 Å². The van der Waals surface area contributed by atoms with E-state index in [-0.39, 0.29) is 63.6 Å². The number of amides is 4. The molecule has 1 N–H and O–H groups in total. The number of phenols is 1. The zero-order valence-corrected chi connectivity index (χ0v) is 40.8. The van der Waals surface area contributed by atoms with Crippen LogP contribution in [0, 0.1) is 11.6 Å². The Hall–Kier alpha value is -10.2. The molecule has 0 spiro atoms. The summed E-state index contributed by atoms with van der Waals surface area (Å²) in [5.41, 5.74) is 5.14. The average molecular weight is 1030 g/mol. The van der Waals surface area contributed by atoms with E-state index in [1.807, 2.05) is 121 Å². The molecule has 4 amide bonds. The van der Waals surface area contributed by atoms with Crippen molar-refractivity contribution in [2.24, 2.45) is 0 Å². The van der Waals surface area contributed by atoms with Gasteiger partial charge in [-0.3, -0.25) is 29.0 Å². The normalized spacial score (nSPS) is 12.8. The van der Waals surface area contributed by atoms with Crippen molar-refractivity contribution in [2.75, 3.05) is 7.11 Å². The van der Waals surface area contributed by atoms with E-state index in [9.17, 15) is 33.1 Å². The van der Waals surface area contributed by atoms with Crippen molar-refractivity contribution < 1.29 is 47.3 Å². The van der Waals surface area contributed by atoms with Crippen molar-refractivity contribution in [1.82, 2.24) is 29.7 Å². The Bertz CT molecular complexity index is 3800. The third-order valence-corrected chi connectivity index (χ3v) is 13.1. The van der Waals surface area contributed by atoms with E-state index < -0.39 is 53.2 Å². The Balaban J connectivity index is 0.000000164. The summed E-state index contributed by atoms with van der Waals surface area (Å²) in [4.78, 5) is 74.5. The Kier molecular flexibility index (Phi) is 13.3. The first-order valence-corrected chi connectivity index (χ1v) is 24.2. The van der Waals surface area contributed by atoms with Crippen LogP contribution in [0.3, 0.4) is 0 Å². The molecule has 0 saturated carbocycles. The quantitative estimate of drug-likeness (QED) is 0.108. The largest absolute Gasteiger partial charge is 0.505 e. The van der Waals surface area contributed by atoms with Gasteiger partial charge in [0, 0.05) is 24.8 Å². The number of hydrogen-bond donors (Lipinski definition) is 1. The fourth-order valence-electron chi connectivity index (χ4n) is 9.49. The second-order valence-corrected chi connectivity index (χ2v) is 17.8. The number of nitrogens with zero attached hydrogens (tertiary/aromatic N) is 6. The fourth-order valence-corrected chi connectivity index (χ4v) is 9.49. The third kappa shape index (κ3) is 9.28. The molecule has 0 fully saturated rings. The molecule has 378 valence electrons. The third-order valence-electron chi connectivity index (χ3n) is 13.1. The lowest BCUT2D eigenvalue weighted by molar-refractivity contribution is 0.0624. The maximum absolute atomic E-state index is 13.9. The molecule has 0 radical (unpaired) electrons. The van der Waals surface area contributed by atoms with E-state index in [1.54, 1.807) is 0 Å². The molecule has 2 aromatic heterocycles. The maximum Gasteiger partial charge on any atom is 0.265 e. The van der Waals surface area contributed by atoms with Crippen LogP contribution in [0.4, 0.5) is 8.78 Å². The number of imide groups is 2. The van der Waals surface area contributed by atoms with Crippen LogP contribution in [0.1, 0.15) is 87.0 Å². The highest BCUT2D eigenvalue weighted by atomic mass is 19.1. The number of rotatable bonds is 13. The molecular weight excluding hydrogens is 983 g/mol. The molecule has 0 unspecified atom stereocenters. The van der Waals surface area contributed by atoms with Gasteiger partial charge in [0.1, 0.15) is 68.2 Å². The highest BCUT2D eigenvalue weighted by molar-refractivity contribution is 6.27. The van der Waals surface area contributed by atoms with Gasteiger partial charge >= 0.3 is 0 Å². The summed E-state index contributed by atoms with van der Waals surface area (Å²) in [6.07, 6.45) is 4.55. The second-order valence-electron chi connectivity index (χ2n) is 17.8. The molecule has 0 saturated heterocycles. The van der Waals surface area contributed by atoms with Gasteiger partial charge in [-0.05, 0) is 57.6 Å². The SMILES string of the molecule is COc1c2c(c(OC(c3ccccc3)c3ccccc3)c3nccnc13)C(=O)N(Cc1ccc(F)cc1)C2=O.O=C1c2c(c(OC(c3ccccc3)c3ccccc3)c3nccnc3c2O)C(=O)N1Cc1ccc(F)cc1. The highest BCUT2D eigenvalue weighted by Crippen LogP contribution is 2.47. The topological polar surface area (TPSA) is 174 Å². The first-order valence-electron chi connectivity index (χ1n) is 24.2. The molecule has 14 nitrogen and oxygen atoms in total. The van der Waals surface area contributed by atoms with Gasteiger partial charge in [0.2, 0.25) is 0 Å². The molecule has 2 aliphatic rings. The number of methoxy groups -OCH3 is 1. The molecule has 0 bridgehead atoms. The van der Waals surface area contributed by atoms with Gasteiger partial charge in [-0.2, -0.15) is 0 Å². The fraction of sp³-hybridized carbons (Fsp3) is 0.0820. The number of halogens is 2. The Morgan fingerprint density at radius 2 is 0.714 bits per heavy atom. The lowest BCUT2D eigenvalue weighted by atomic mass is 10.00. The molecule has 2 aliphatic heterocycles. The molecule has 10 aromatic rings. The summed E-state index contributed by atoms with van der Waals surface area (Å²) in [6, 6.07) is 49.2. The van der Waals surface area contributed by atoms with E-state index in [0.29, 0.717) is 22.2 Å². The summed E-state index contributed by atoms with van der Waals surface area (Å²) in [7, 11) is 1.42. The van der Waals surface area contributed by atoms with Crippen LogP contribution in [-0.4, -0.2) is 65.6 Å². The van der Waals surface area contributed by atoms with Crippen LogP contribution in [0.25, 0.3) is 22.1 Å². The minimum atomic E-state index is -0.694. The van der Waals surface area contributed by atoms with Gasteiger partial charge in [0.25, 0.3) is 23.6 Å². The second kappa shape index (κ2) is 21.0. The molecule has 4 heterocycles. The van der Waals surface area contributed by atoms with Gasteiger partial charge in [-0.1, -0.05) is 146 Å². The number of aromatic nitrogens is 4. The summed E-state index contributed by atoms with van der Waals surface area (Å²) < 4.78 is 45.8. The Morgan fingerprint density at radius 1 is 0.416 bits per heavy atom. The lowest BCUT2D eigenvalue weighted by Gasteiger charge is -2.23. The maximum atomic E-state index is 13.9. The molecule has 0 aliphatic carbocycles. The van der Waals surface area contributed by atoms with E-state index in [0.717, 1.165) is 32.1 Å². The number of carbonyl (C=O) groups excluding carboxylic acids is 4. The zero-order valence-electron chi connectivity index (χ0n) is 40.8. The van der Waals surface area contributed by atoms with Crippen LogP contribution in [-0.2, 0) is 13.1 Å². The number of hydrogen-bond acceptors (Lipinski definition) is 12. The standard InChI is InChI=1S/C31H22FN3O4.C30H20FN3O4/c1-38-28-23-24(31(37)35(30(23)36)18-19-12-14-22(32)15-13-19)29(26-25(28)33-16-17-34-26)39-27(20-8-4-2-5-9-20)21-10-6-3-7-11-21;31-21-13-11-18(12-14-21)17-34-29(36)22-23(30(34)37)28(25-24(26(22)35)32-15-16-33-25)38-27(19-7-3-1-4-8-19)20-9-5-2-6-10-20/h2-17,27H,18H2,1H3;1-16,27,35H,17H2. The first kappa shape index (κ1) is 49.0. The van der Waals surface area contributed by atoms with Crippen molar-refractivity contribution in [2.45, 2.75) is 25.3 Å². The zero-order chi connectivity index (χ0) is 53.2. The predicted octanol–water partition coefficient (Wildman–Crippen LogP) is 11.2. The summed E-state index contributed by atoms with van der Waals surface area (Å²) in [5, 5.41) is 11.1. The molecule has 16 heteroatoms. The van der Waals surface area contributed by atoms with Gasteiger partial charge in [0.15, 0.2) is 23.0 Å². The summed E-state index contributed by atoms with van der Waals surface area (Å²) in [6.45, 7) is -0.156. The minimum Gasteiger partial charge on any atom is -0.505 e. The number of ether oxygens (including phenoxy) is 3. The summed E-state index contributed by atoms with van der Waals surface area (Å²) in [5.74, 6) is -3.37. The Morgan fingerprint density at radius 3 is 1.08 bits per heavy atom. The van der Waals surface area contributed by atoms with Crippen molar-refractivity contribution in [3.63, 3.8) is 0 Å². The van der Waals surface area contributed by atoms with Gasteiger partial charge in [-0.15, -0.1) is 0 Å². The number of phenolic OH excluding ortho intramolecular Hbond substituents is 1. The van der Waals surface area contributed by atoms with Crippen LogP contribution in [0.2, 0.25) is 0 Å². The Labute approximate surface area is 438 Å². The van der Waals surface area contributed by atoms with Crippen LogP contribution >= 0.6 is 0 Å². The number of aromatic hydroxyl groups is 1. The first-order chi connectivity index (χ1) is 37.6. The average Bonchev–Trinajstić information content (AvgIpc) is 4.01.